The summed E-state index contributed by atoms with van der Waals surface area (Å²) in [6.07, 6.45) is 14.4. The van der Waals surface area contributed by atoms with Crippen molar-refractivity contribution in [3.05, 3.63) is 0 Å². The van der Waals surface area contributed by atoms with Crippen molar-refractivity contribution in [3.63, 3.8) is 0 Å². The van der Waals surface area contributed by atoms with E-state index in [-0.39, 0.29) is 5.97 Å². The Kier molecular flexibility index (Phi) is 8.39. The number of hydrogen-bond donors (Lipinski definition) is 2. The van der Waals surface area contributed by atoms with Crippen LogP contribution in [-0.4, -0.2) is 38.3 Å². The minimum atomic E-state index is -0.0391. The van der Waals surface area contributed by atoms with E-state index >= 15 is 0 Å². The van der Waals surface area contributed by atoms with Crippen LogP contribution in [0.3, 0.4) is 0 Å². The summed E-state index contributed by atoms with van der Waals surface area (Å²) in [6.45, 7) is 14.4. The van der Waals surface area contributed by atoms with Crippen LogP contribution in [0.15, 0.2) is 0 Å². The molecule has 4 rings (SSSR count). The summed E-state index contributed by atoms with van der Waals surface area (Å²) < 4.78 is 4.92. The van der Waals surface area contributed by atoms with E-state index < -0.39 is 0 Å². The third-order valence-corrected chi connectivity index (χ3v) is 11.6. The van der Waals surface area contributed by atoms with Crippen molar-refractivity contribution in [1.82, 2.24) is 10.6 Å². The van der Waals surface area contributed by atoms with Gasteiger partial charge >= 0.3 is 5.97 Å². The maximum Gasteiger partial charge on any atom is 0.305 e. The molecule has 4 aliphatic carbocycles. The number of rotatable bonds is 9. The molecule has 4 saturated carbocycles. The number of hydrogen-bond acceptors (Lipinski definition) is 4. The van der Waals surface area contributed by atoms with Gasteiger partial charge in [0, 0.05) is 31.6 Å². The van der Waals surface area contributed by atoms with E-state index in [9.17, 15) is 4.79 Å². The van der Waals surface area contributed by atoms with Crippen LogP contribution in [0.5, 0.6) is 0 Å². The average molecular weight is 475 g/mol. The highest BCUT2D eigenvalue weighted by atomic mass is 16.5. The van der Waals surface area contributed by atoms with Crippen LogP contribution < -0.4 is 10.6 Å². The topological polar surface area (TPSA) is 50.4 Å². The SMILES string of the molecule is COC(=O)CC[C@@H](C)[C@H]1CCC2C3CCC4C[C@@H](NCCNC(C)C)CC[C@]4(C)C3CC[C@@]21C. The molecule has 0 aromatic carbocycles. The Bertz CT molecular complexity index is 695. The van der Waals surface area contributed by atoms with Crippen molar-refractivity contribution in [2.24, 2.45) is 46.3 Å². The predicted octanol–water partition coefficient (Wildman–Crippen LogP) is 6.19. The number of esters is 1. The molecule has 0 bridgehead atoms. The van der Waals surface area contributed by atoms with Crippen molar-refractivity contribution in [2.75, 3.05) is 20.2 Å². The van der Waals surface area contributed by atoms with Gasteiger partial charge in [0.2, 0.25) is 0 Å². The van der Waals surface area contributed by atoms with Gasteiger partial charge in [-0.2, -0.15) is 0 Å². The van der Waals surface area contributed by atoms with E-state index in [0.29, 0.717) is 29.2 Å². The molecule has 4 heteroatoms. The molecule has 0 heterocycles. The van der Waals surface area contributed by atoms with Gasteiger partial charge in [0.1, 0.15) is 0 Å². The molecule has 0 saturated heterocycles. The minimum Gasteiger partial charge on any atom is -0.469 e. The molecule has 0 aromatic heterocycles. The zero-order chi connectivity index (χ0) is 24.5. The molecule has 0 aliphatic heterocycles. The van der Waals surface area contributed by atoms with Gasteiger partial charge in [0.15, 0.2) is 0 Å². The second-order valence-corrected chi connectivity index (χ2v) is 13.5. The smallest absolute Gasteiger partial charge is 0.305 e. The Hall–Kier alpha value is -0.610. The second kappa shape index (κ2) is 10.8. The van der Waals surface area contributed by atoms with Crippen LogP contribution >= 0.6 is 0 Å². The first-order chi connectivity index (χ1) is 16.2. The fourth-order valence-corrected chi connectivity index (χ4v) is 9.70. The third kappa shape index (κ3) is 5.10. The molecule has 0 spiro atoms. The lowest BCUT2D eigenvalue weighted by molar-refractivity contribution is -0.141. The summed E-state index contributed by atoms with van der Waals surface area (Å²) in [5, 5.41) is 7.44. The molecule has 0 amide bonds. The largest absolute Gasteiger partial charge is 0.469 e. The van der Waals surface area contributed by atoms with Crippen molar-refractivity contribution >= 4 is 5.97 Å². The second-order valence-electron chi connectivity index (χ2n) is 13.5. The van der Waals surface area contributed by atoms with E-state index in [0.717, 1.165) is 55.1 Å². The van der Waals surface area contributed by atoms with E-state index in [4.69, 9.17) is 4.74 Å². The number of methoxy groups -OCH3 is 1. The van der Waals surface area contributed by atoms with Crippen LogP contribution in [-0.2, 0) is 9.53 Å². The molecular weight excluding hydrogens is 420 g/mol. The van der Waals surface area contributed by atoms with Gasteiger partial charge in [-0.15, -0.1) is 0 Å². The van der Waals surface area contributed by atoms with Crippen LogP contribution in [0, 0.1) is 46.3 Å². The van der Waals surface area contributed by atoms with Crippen molar-refractivity contribution in [1.29, 1.82) is 0 Å². The number of nitrogens with one attached hydrogen (secondary N) is 2. The Morgan fingerprint density at radius 3 is 2.41 bits per heavy atom. The zero-order valence-corrected chi connectivity index (χ0v) is 23.1. The van der Waals surface area contributed by atoms with Gasteiger partial charge in [-0.3, -0.25) is 4.79 Å². The molecule has 4 aliphatic rings. The molecule has 9 atom stereocenters. The lowest BCUT2D eigenvalue weighted by Gasteiger charge is -2.61. The molecule has 196 valence electrons. The summed E-state index contributed by atoms with van der Waals surface area (Å²) in [7, 11) is 1.52. The molecule has 4 nitrogen and oxygen atoms in total. The summed E-state index contributed by atoms with van der Waals surface area (Å²) >= 11 is 0. The lowest BCUT2D eigenvalue weighted by Crippen LogP contribution is -2.55. The summed E-state index contributed by atoms with van der Waals surface area (Å²) in [6, 6.07) is 1.30. The maximum atomic E-state index is 11.7. The van der Waals surface area contributed by atoms with Crippen molar-refractivity contribution < 1.29 is 9.53 Å². The summed E-state index contributed by atoms with van der Waals surface area (Å²) in [5.74, 6) is 5.08. The van der Waals surface area contributed by atoms with Gasteiger partial charge < -0.3 is 15.4 Å². The number of ether oxygens (including phenoxy) is 1. The molecule has 34 heavy (non-hydrogen) atoms. The molecule has 0 radical (unpaired) electrons. The molecule has 4 unspecified atom stereocenters. The van der Waals surface area contributed by atoms with Gasteiger partial charge in [0.05, 0.1) is 7.11 Å². The Labute approximate surface area is 210 Å². The quantitative estimate of drug-likeness (QED) is 0.309. The monoisotopic (exact) mass is 474 g/mol. The van der Waals surface area contributed by atoms with E-state index in [1.807, 2.05) is 0 Å². The molecule has 0 aromatic rings. The third-order valence-electron chi connectivity index (χ3n) is 11.6. The van der Waals surface area contributed by atoms with Gasteiger partial charge in [-0.25, -0.2) is 0 Å². The molecular formula is C30H54N2O2. The Morgan fingerprint density at radius 2 is 1.68 bits per heavy atom. The molecule has 4 fully saturated rings. The highest BCUT2D eigenvalue weighted by molar-refractivity contribution is 5.69. The van der Waals surface area contributed by atoms with E-state index in [1.54, 1.807) is 0 Å². The summed E-state index contributed by atoms with van der Waals surface area (Å²) in [4.78, 5) is 11.7. The normalized spacial score (nSPS) is 42.6. The first kappa shape index (κ1) is 26.5. The van der Waals surface area contributed by atoms with E-state index in [2.05, 4.69) is 45.3 Å². The fraction of sp³-hybridized carbons (Fsp3) is 0.967. The van der Waals surface area contributed by atoms with Crippen LogP contribution in [0.4, 0.5) is 0 Å². The zero-order valence-electron chi connectivity index (χ0n) is 23.1. The fourth-order valence-electron chi connectivity index (χ4n) is 9.70. The Balaban J connectivity index is 1.36. The van der Waals surface area contributed by atoms with E-state index in [1.165, 1.54) is 64.9 Å². The predicted molar refractivity (Wildman–Crippen MR) is 141 cm³/mol. The lowest BCUT2D eigenvalue weighted by atomic mass is 9.44. The highest BCUT2D eigenvalue weighted by Crippen LogP contribution is 2.68. The number of fused-ring (bicyclic) bond motifs is 5. The first-order valence-corrected chi connectivity index (χ1v) is 14.7. The van der Waals surface area contributed by atoms with Gasteiger partial charge in [-0.05, 0) is 111 Å². The number of carbonyl (C=O) groups excluding carboxylic acids is 1. The van der Waals surface area contributed by atoms with Crippen molar-refractivity contribution in [2.45, 2.75) is 117 Å². The van der Waals surface area contributed by atoms with Gasteiger partial charge in [-0.1, -0.05) is 34.6 Å². The Morgan fingerprint density at radius 1 is 0.941 bits per heavy atom. The van der Waals surface area contributed by atoms with Crippen LogP contribution in [0.25, 0.3) is 0 Å². The average Bonchev–Trinajstić information content (AvgIpc) is 3.17. The standard InChI is InChI=1S/C30H54N2O2/c1-20(2)31-17-18-32-23-13-15-29(4)22(19-23)8-9-24-26-11-10-25(21(3)7-12-28(33)34-6)30(26,5)16-14-27(24)29/h20-27,31-32H,7-19H2,1-6H3/t21-,22?,23+,24?,25-,26?,27?,29+,30-/m1/s1. The van der Waals surface area contributed by atoms with Gasteiger partial charge in [0.25, 0.3) is 0 Å². The van der Waals surface area contributed by atoms with Crippen LogP contribution in [0.1, 0.15) is 105 Å². The number of carbonyl (C=O) groups is 1. The minimum absolute atomic E-state index is 0.0391. The maximum absolute atomic E-state index is 11.7. The molecule has 2 N–H and O–H groups in total. The first-order valence-electron chi connectivity index (χ1n) is 14.7. The van der Waals surface area contributed by atoms with Crippen LogP contribution in [0.2, 0.25) is 0 Å². The van der Waals surface area contributed by atoms with Crippen molar-refractivity contribution in [3.8, 4) is 0 Å². The highest BCUT2D eigenvalue weighted by Gasteiger charge is 2.60. The summed E-state index contributed by atoms with van der Waals surface area (Å²) in [5.41, 5.74) is 1.05.